The Labute approximate surface area is 228 Å². The zero-order valence-electron chi connectivity index (χ0n) is 22.5. The SMILES string of the molecule is CCC[C@@]1(C)C(O)=C(C#N)C[C@@]2(C)c3nc(-c4ccnc5ccccc45)nc(-c4ccccc4F)c3CC[C@H]12. The molecule has 2 aromatic heterocycles. The summed E-state index contributed by atoms with van der Waals surface area (Å²) in [6, 6.07) is 18.8. The van der Waals surface area contributed by atoms with Crippen molar-refractivity contribution in [3.63, 3.8) is 0 Å². The number of aromatic nitrogens is 3. The lowest BCUT2D eigenvalue weighted by Gasteiger charge is -2.54. The van der Waals surface area contributed by atoms with Crippen LogP contribution in [0.5, 0.6) is 0 Å². The molecule has 3 atom stereocenters. The summed E-state index contributed by atoms with van der Waals surface area (Å²) in [5.74, 6) is 0.481. The molecule has 0 saturated heterocycles. The minimum atomic E-state index is -0.545. The van der Waals surface area contributed by atoms with Crippen molar-refractivity contribution in [2.24, 2.45) is 11.3 Å². The molecule has 2 aromatic carbocycles. The van der Waals surface area contributed by atoms with Crippen LogP contribution in [0, 0.1) is 28.5 Å². The zero-order chi connectivity index (χ0) is 27.4. The molecule has 4 aromatic rings. The number of benzene rings is 2. The highest BCUT2D eigenvalue weighted by Gasteiger charge is 2.56. The first-order valence-corrected chi connectivity index (χ1v) is 13.6. The maximum atomic E-state index is 15.3. The molecule has 0 amide bonds. The number of para-hydroxylation sites is 1. The number of nitrogens with zero attached hydrogens (tertiary/aromatic N) is 4. The third-order valence-corrected chi connectivity index (χ3v) is 9.06. The van der Waals surface area contributed by atoms with Crippen LogP contribution in [0.25, 0.3) is 33.5 Å². The van der Waals surface area contributed by atoms with Crippen LogP contribution in [-0.4, -0.2) is 20.1 Å². The van der Waals surface area contributed by atoms with E-state index in [2.05, 4.69) is 31.8 Å². The number of allylic oxidation sites excluding steroid dienone is 2. The maximum absolute atomic E-state index is 15.3. The van der Waals surface area contributed by atoms with Crippen molar-refractivity contribution in [1.82, 2.24) is 15.0 Å². The van der Waals surface area contributed by atoms with Gasteiger partial charge in [-0.15, -0.1) is 0 Å². The number of pyridine rings is 1. The number of hydrogen-bond acceptors (Lipinski definition) is 5. The van der Waals surface area contributed by atoms with Gasteiger partial charge in [0, 0.05) is 39.1 Å². The maximum Gasteiger partial charge on any atom is 0.160 e. The number of hydrogen-bond donors (Lipinski definition) is 1. The number of aliphatic hydroxyl groups excluding tert-OH is 1. The highest BCUT2D eigenvalue weighted by Crippen LogP contribution is 2.60. The molecule has 39 heavy (non-hydrogen) atoms. The molecule has 1 N–H and O–H groups in total. The molecule has 0 radical (unpaired) electrons. The smallest absolute Gasteiger partial charge is 0.160 e. The summed E-state index contributed by atoms with van der Waals surface area (Å²) in [4.78, 5) is 14.8. The second-order valence-corrected chi connectivity index (χ2v) is 11.4. The van der Waals surface area contributed by atoms with Gasteiger partial charge in [0.2, 0.25) is 0 Å². The van der Waals surface area contributed by atoms with Crippen LogP contribution < -0.4 is 0 Å². The molecule has 2 aliphatic carbocycles. The Morgan fingerprint density at radius 2 is 1.82 bits per heavy atom. The van der Waals surface area contributed by atoms with Crippen molar-refractivity contribution in [3.8, 4) is 28.7 Å². The van der Waals surface area contributed by atoms with E-state index < -0.39 is 10.8 Å². The first-order chi connectivity index (χ1) is 18.8. The molecule has 5 nitrogen and oxygen atoms in total. The highest BCUT2D eigenvalue weighted by atomic mass is 19.1. The fourth-order valence-corrected chi connectivity index (χ4v) is 7.35. The average Bonchev–Trinajstić information content (AvgIpc) is 2.95. The van der Waals surface area contributed by atoms with Crippen LogP contribution in [0.15, 0.2) is 72.1 Å². The predicted molar refractivity (Wildman–Crippen MR) is 150 cm³/mol. The summed E-state index contributed by atoms with van der Waals surface area (Å²) in [5.41, 5.74) is 3.83. The fraction of sp³-hybridized carbons (Fsp3) is 0.333. The van der Waals surface area contributed by atoms with E-state index in [1.807, 2.05) is 36.4 Å². The van der Waals surface area contributed by atoms with Gasteiger partial charge in [-0.2, -0.15) is 5.26 Å². The molecule has 6 heteroatoms. The summed E-state index contributed by atoms with van der Waals surface area (Å²) in [6.45, 7) is 6.37. The van der Waals surface area contributed by atoms with Crippen molar-refractivity contribution >= 4 is 10.9 Å². The van der Waals surface area contributed by atoms with Gasteiger partial charge >= 0.3 is 0 Å². The molecule has 2 heterocycles. The van der Waals surface area contributed by atoms with Crippen molar-refractivity contribution in [2.45, 2.75) is 58.3 Å². The van der Waals surface area contributed by atoms with Crippen molar-refractivity contribution in [3.05, 3.63) is 89.2 Å². The molecule has 0 saturated carbocycles. The third kappa shape index (κ3) is 3.75. The van der Waals surface area contributed by atoms with Crippen LogP contribution in [0.1, 0.15) is 57.7 Å². The molecule has 196 valence electrons. The number of rotatable bonds is 4. The van der Waals surface area contributed by atoms with E-state index in [1.54, 1.807) is 18.3 Å². The minimum absolute atomic E-state index is 0.0694. The van der Waals surface area contributed by atoms with E-state index in [1.165, 1.54) is 6.07 Å². The van der Waals surface area contributed by atoms with E-state index in [0.717, 1.165) is 47.0 Å². The van der Waals surface area contributed by atoms with Crippen LogP contribution in [0.3, 0.4) is 0 Å². The Kier molecular flexibility index (Phi) is 5.99. The van der Waals surface area contributed by atoms with Gasteiger partial charge in [0.1, 0.15) is 11.6 Å². The second kappa shape index (κ2) is 9.27. The van der Waals surface area contributed by atoms with Crippen LogP contribution >= 0.6 is 0 Å². The first-order valence-electron chi connectivity index (χ1n) is 13.6. The Morgan fingerprint density at radius 1 is 1.05 bits per heavy atom. The molecule has 0 unspecified atom stereocenters. The van der Waals surface area contributed by atoms with Gasteiger partial charge in [-0.1, -0.05) is 57.5 Å². The van der Waals surface area contributed by atoms with Gasteiger partial charge in [0.25, 0.3) is 0 Å². The monoisotopic (exact) mass is 518 g/mol. The van der Waals surface area contributed by atoms with Crippen LogP contribution in [0.2, 0.25) is 0 Å². The number of fused-ring (bicyclic) bond motifs is 4. The normalized spacial score (nSPS) is 24.2. The number of nitriles is 1. The lowest BCUT2D eigenvalue weighted by molar-refractivity contribution is 0.0412. The summed E-state index contributed by atoms with van der Waals surface area (Å²) < 4.78 is 15.3. The van der Waals surface area contributed by atoms with E-state index >= 15 is 4.39 Å². The highest BCUT2D eigenvalue weighted by molar-refractivity contribution is 5.92. The molecule has 0 spiro atoms. The number of halogens is 1. The first kappa shape index (κ1) is 25.2. The lowest BCUT2D eigenvalue weighted by Crippen LogP contribution is -2.51. The molecular formula is C33H31FN4O. The van der Waals surface area contributed by atoms with Crippen LogP contribution in [0.4, 0.5) is 4.39 Å². The lowest BCUT2D eigenvalue weighted by atomic mass is 9.50. The van der Waals surface area contributed by atoms with Crippen molar-refractivity contribution in [1.29, 1.82) is 5.26 Å². The minimum Gasteiger partial charge on any atom is -0.511 e. The van der Waals surface area contributed by atoms with Gasteiger partial charge in [0.15, 0.2) is 5.82 Å². The van der Waals surface area contributed by atoms with E-state index in [0.29, 0.717) is 35.5 Å². The molecule has 6 rings (SSSR count). The van der Waals surface area contributed by atoms with Gasteiger partial charge in [-0.25, -0.2) is 14.4 Å². The second-order valence-electron chi connectivity index (χ2n) is 11.4. The molecular weight excluding hydrogens is 487 g/mol. The van der Waals surface area contributed by atoms with Gasteiger partial charge in [-0.3, -0.25) is 4.98 Å². The zero-order valence-corrected chi connectivity index (χ0v) is 22.5. The van der Waals surface area contributed by atoms with E-state index in [9.17, 15) is 10.4 Å². The summed E-state index contributed by atoms with van der Waals surface area (Å²) in [7, 11) is 0. The third-order valence-electron chi connectivity index (χ3n) is 9.06. The number of aliphatic hydroxyl groups is 1. The summed E-state index contributed by atoms with van der Waals surface area (Å²) >= 11 is 0. The predicted octanol–water partition coefficient (Wildman–Crippen LogP) is 7.86. The molecule has 0 aliphatic heterocycles. The van der Waals surface area contributed by atoms with Crippen molar-refractivity contribution in [2.75, 3.05) is 0 Å². The standard InChI is InChI=1S/C33H31FN4O/c1-4-16-32(2)27-14-13-24-28(23-10-5-7-11-25(23)34)37-31(22-15-17-36-26-12-8-6-9-21(22)26)38-29(24)33(27,3)18-20(19-35)30(32)39/h5-12,15,17,27,39H,4,13-14,16,18H2,1-3H3/t27-,32-,33-/m1/s1. The van der Waals surface area contributed by atoms with E-state index in [4.69, 9.17) is 9.97 Å². The average molecular weight is 519 g/mol. The largest absolute Gasteiger partial charge is 0.511 e. The quantitative estimate of drug-likeness (QED) is 0.297. The summed E-state index contributed by atoms with van der Waals surface area (Å²) in [5, 5.41) is 22.3. The van der Waals surface area contributed by atoms with Gasteiger partial charge < -0.3 is 5.11 Å². The van der Waals surface area contributed by atoms with Gasteiger partial charge in [-0.05, 0) is 55.9 Å². The van der Waals surface area contributed by atoms with E-state index in [-0.39, 0.29) is 17.5 Å². The molecule has 2 aliphatic rings. The Bertz CT molecular complexity index is 1680. The van der Waals surface area contributed by atoms with Gasteiger partial charge in [0.05, 0.1) is 28.5 Å². The Balaban J connectivity index is 1.67. The fourth-order valence-electron chi connectivity index (χ4n) is 7.35. The molecule has 0 fully saturated rings. The molecule has 0 bridgehead atoms. The van der Waals surface area contributed by atoms with Crippen LogP contribution in [-0.2, 0) is 11.8 Å². The summed E-state index contributed by atoms with van der Waals surface area (Å²) in [6.07, 6.45) is 5.26. The van der Waals surface area contributed by atoms with Crippen molar-refractivity contribution < 1.29 is 9.50 Å². The Hall–Kier alpha value is -4.11. The Morgan fingerprint density at radius 3 is 2.59 bits per heavy atom. The topological polar surface area (TPSA) is 82.7 Å².